The number of rotatable bonds is 4. The van der Waals surface area contributed by atoms with E-state index in [4.69, 9.17) is 0 Å². The van der Waals surface area contributed by atoms with Gasteiger partial charge >= 0.3 is 0 Å². The van der Waals surface area contributed by atoms with E-state index in [1.165, 1.54) is 131 Å². The van der Waals surface area contributed by atoms with E-state index in [0.29, 0.717) is 0 Å². The summed E-state index contributed by atoms with van der Waals surface area (Å²) in [6.07, 6.45) is 18.1. The number of allylic oxidation sites excluding steroid dienone is 2. The molecule has 0 saturated heterocycles. The highest BCUT2D eigenvalue weighted by molar-refractivity contribution is 5.96. The van der Waals surface area contributed by atoms with Gasteiger partial charge in [0.1, 0.15) is 0 Å². The number of fused-ring (bicyclic) bond motifs is 4. The van der Waals surface area contributed by atoms with Crippen molar-refractivity contribution >= 4 is 23.3 Å². The summed E-state index contributed by atoms with van der Waals surface area (Å²) in [5.74, 6) is 0. The summed E-state index contributed by atoms with van der Waals surface area (Å²) in [6, 6.07) is 42.1. The minimum Gasteiger partial charge on any atom is -0.0619 e. The molecule has 0 unspecified atom stereocenters. The topological polar surface area (TPSA) is 0 Å². The van der Waals surface area contributed by atoms with Crippen molar-refractivity contribution < 1.29 is 0 Å². The van der Waals surface area contributed by atoms with E-state index in [-0.39, 0.29) is 10.8 Å². The first kappa shape index (κ1) is 29.7. The molecular weight excluding hydrogens is 577 g/mol. The first-order valence-electron chi connectivity index (χ1n) is 18.5. The number of hydrogen-bond acceptors (Lipinski definition) is 0. The van der Waals surface area contributed by atoms with Crippen LogP contribution in [0.2, 0.25) is 0 Å². The van der Waals surface area contributed by atoms with Crippen LogP contribution in [-0.4, -0.2) is 0 Å². The summed E-state index contributed by atoms with van der Waals surface area (Å²) in [5.41, 5.74) is 20.1. The van der Waals surface area contributed by atoms with Crippen LogP contribution < -0.4 is 0 Å². The highest BCUT2D eigenvalue weighted by atomic mass is 14.5. The normalized spacial score (nSPS) is 18.8. The molecule has 0 heteroatoms. The molecular formula is C48H46. The van der Waals surface area contributed by atoms with Gasteiger partial charge in [0.2, 0.25) is 0 Å². The molecule has 0 aliphatic heterocycles. The Morgan fingerprint density at radius 2 is 0.750 bits per heavy atom. The van der Waals surface area contributed by atoms with Gasteiger partial charge in [-0.3, -0.25) is 0 Å². The third kappa shape index (κ3) is 4.63. The largest absolute Gasteiger partial charge is 0.0619 e. The second-order valence-corrected chi connectivity index (χ2v) is 15.2. The predicted molar refractivity (Wildman–Crippen MR) is 205 cm³/mol. The average Bonchev–Trinajstić information content (AvgIpc) is 3.62. The smallest absolute Gasteiger partial charge is 0.0215 e. The van der Waals surface area contributed by atoms with Crippen molar-refractivity contribution in [1.29, 1.82) is 0 Å². The Hall–Kier alpha value is -4.42. The lowest BCUT2D eigenvalue weighted by Gasteiger charge is -2.38. The molecule has 0 heterocycles. The van der Waals surface area contributed by atoms with Crippen molar-refractivity contribution in [1.82, 2.24) is 0 Å². The standard InChI is InChI=1S/C48H46/c1-33-29-42(36-19-23-38(24-20-36)46-32-40-14-6-8-16-44(40)48(46)27-11-4-12-28-48)34(2)30-41(33)35-17-21-37(22-18-35)45-31-39-13-5-7-15-43(39)47(45)25-9-3-10-26-47/h5-8,13-24,29-32H,3-4,9-12,25-28H2,1-2H3. The van der Waals surface area contributed by atoms with E-state index < -0.39 is 0 Å². The van der Waals surface area contributed by atoms with Crippen LogP contribution in [0.15, 0.2) is 109 Å². The van der Waals surface area contributed by atoms with E-state index in [0.717, 1.165) is 0 Å². The molecule has 0 atom stereocenters. The van der Waals surface area contributed by atoms with E-state index >= 15 is 0 Å². The molecule has 4 aliphatic carbocycles. The second-order valence-electron chi connectivity index (χ2n) is 15.2. The van der Waals surface area contributed by atoms with Gasteiger partial charge < -0.3 is 0 Å². The lowest BCUT2D eigenvalue weighted by atomic mass is 9.65. The molecule has 0 amide bonds. The Bertz CT molecular complexity index is 1920. The van der Waals surface area contributed by atoms with Gasteiger partial charge in [-0.25, -0.2) is 0 Å². The summed E-state index contributed by atoms with van der Waals surface area (Å²) < 4.78 is 0. The summed E-state index contributed by atoms with van der Waals surface area (Å²) in [7, 11) is 0. The Morgan fingerprint density at radius 1 is 0.396 bits per heavy atom. The molecule has 2 fully saturated rings. The van der Waals surface area contributed by atoms with Crippen LogP contribution in [-0.2, 0) is 10.8 Å². The Morgan fingerprint density at radius 3 is 1.15 bits per heavy atom. The van der Waals surface area contributed by atoms with Gasteiger partial charge in [0.05, 0.1) is 0 Å². The molecule has 2 saturated carbocycles. The Kier molecular flexibility index (Phi) is 7.19. The molecule has 9 rings (SSSR count). The fourth-order valence-corrected chi connectivity index (χ4v) is 10.2. The highest BCUT2D eigenvalue weighted by Gasteiger charge is 2.43. The minimum atomic E-state index is 0.190. The molecule has 238 valence electrons. The molecule has 0 bridgehead atoms. The van der Waals surface area contributed by atoms with Crippen LogP contribution in [0.4, 0.5) is 0 Å². The van der Waals surface area contributed by atoms with Gasteiger partial charge in [0, 0.05) is 10.8 Å². The first-order valence-corrected chi connectivity index (χ1v) is 18.5. The third-order valence-corrected chi connectivity index (χ3v) is 12.6. The third-order valence-electron chi connectivity index (χ3n) is 12.6. The van der Waals surface area contributed by atoms with Crippen LogP contribution in [0.1, 0.15) is 109 Å². The van der Waals surface area contributed by atoms with Gasteiger partial charge in [0.25, 0.3) is 0 Å². The second kappa shape index (κ2) is 11.6. The molecule has 2 spiro atoms. The van der Waals surface area contributed by atoms with Crippen LogP contribution in [0.25, 0.3) is 45.6 Å². The van der Waals surface area contributed by atoms with Crippen LogP contribution >= 0.6 is 0 Å². The van der Waals surface area contributed by atoms with Crippen molar-refractivity contribution in [2.75, 3.05) is 0 Å². The van der Waals surface area contributed by atoms with Gasteiger partial charge in [0.15, 0.2) is 0 Å². The fourth-order valence-electron chi connectivity index (χ4n) is 10.2. The average molecular weight is 623 g/mol. The Labute approximate surface area is 287 Å². The number of aryl methyl sites for hydroxylation is 2. The molecule has 4 aliphatic rings. The van der Waals surface area contributed by atoms with E-state index in [9.17, 15) is 0 Å². The summed E-state index contributed by atoms with van der Waals surface area (Å²) >= 11 is 0. The molecule has 5 aromatic rings. The molecule has 0 nitrogen and oxygen atoms in total. The first-order chi connectivity index (χ1) is 23.6. The lowest BCUT2D eigenvalue weighted by Crippen LogP contribution is -2.28. The van der Waals surface area contributed by atoms with Gasteiger partial charge in [-0.2, -0.15) is 0 Å². The molecule has 0 radical (unpaired) electrons. The van der Waals surface area contributed by atoms with Crippen molar-refractivity contribution in [3.63, 3.8) is 0 Å². The van der Waals surface area contributed by atoms with Crippen molar-refractivity contribution in [2.45, 2.75) is 88.9 Å². The van der Waals surface area contributed by atoms with Crippen molar-refractivity contribution in [3.05, 3.63) is 154 Å². The monoisotopic (exact) mass is 622 g/mol. The molecule has 5 aromatic carbocycles. The SMILES string of the molecule is Cc1cc(-c2ccc(C3=Cc4ccccc4C34CCCCC4)cc2)c(C)cc1-c1ccc(C2=Cc3ccccc3C23CCCCC3)cc1. The lowest BCUT2D eigenvalue weighted by molar-refractivity contribution is 0.372. The van der Waals surface area contributed by atoms with Crippen molar-refractivity contribution in [2.24, 2.45) is 0 Å². The maximum absolute atomic E-state index is 2.49. The minimum absolute atomic E-state index is 0.190. The van der Waals surface area contributed by atoms with Gasteiger partial charge in [-0.05, 0) is 130 Å². The van der Waals surface area contributed by atoms with Crippen LogP contribution in [0.5, 0.6) is 0 Å². The van der Waals surface area contributed by atoms with E-state index in [1.807, 2.05) is 0 Å². The van der Waals surface area contributed by atoms with E-state index in [2.05, 4.69) is 135 Å². The zero-order valence-corrected chi connectivity index (χ0v) is 28.6. The zero-order valence-electron chi connectivity index (χ0n) is 28.6. The number of hydrogen-bond donors (Lipinski definition) is 0. The highest BCUT2D eigenvalue weighted by Crippen LogP contribution is 2.56. The number of benzene rings is 5. The summed E-state index contributed by atoms with van der Waals surface area (Å²) in [4.78, 5) is 0. The van der Waals surface area contributed by atoms with Gasteiger partial charge in [-0.15, -0.1) is 0 Å². The summed E-state index contributed by atoms with van der Waals surface area (Å²) in [5, 5.41) is 0. The summed E-state index contributed by atoms with van der Waals surface area (Å²) in [6.45, 7) is 4.56. The Balaban J connectivity index is 0.998. The maximum Gasteiger partial charge on any atom is 0.0215 e. The van der Waals surface area contributed by atoms with Gasteiger partial charge in [-0.1, -0.05) is 148 Å². The van der Waals surface area contributed by atoms with E-state index in [1.54, 1.807) is 11.1 Å². The fraction of sp³-hybridized carbons (Fsp3) is 0.292. The molecule has 0 aromatic heterocycles. The molecule has 0 N–H and O–H groups in total. The van der Waals surface area contributed by atoms with Crippen molar-refractivity contribution in [3.8, 4) is 22.3 Å². The van der Waals surface area contributed by atoms with Crippen LogP contribution in [0.3, 0.4) is 0 Å². The maximum atomic E-state index is 2.49. The zero-order chi connectivity index (χ0) is 32.3. The predicted octanol–water partition coefficient (Wildman–Crippen LogP) is 13.1. The quantitative estimate of drug-likeness (QED) is 0.187. The van der Waals surface area contributed by atoms with Crippen LogP contribution in [0, 0.1) is 13.8 Å². The molecule has 48 heavy (non-hydrogen) atoms.